The summed E-state index contributed by atoms with van der Waals surface area (Å²) in [5, 5.41) is 2.62. The van der Waals surface area contributed by atoms with Crippen molar-refractivity contribution in [2.24, 2.45) is 10.7 Å². The number of alkyl halides is 3. The molecule has 2 aromatic carbocycles. The lowest BCUT2D eigenvalue weighted by Gasteiger charge is -2.14. The van der Waals surface area contributed by atoms with E-state index in [0.29, 0.717) is 12.4 Å². The number of hydrogen-bond donors (Lipinski definition) is 2. The van der Waals surface area contributed by atoms with Crippen LogP contribution in [0, 0.1) is 0 Å². The SMILES string of the molecule is CCOc1ccccc1CN=C(N)Nc1ccccc1OC(F)(F)F. The summed E-state index contributed by atoms with van der Waals surface area (Å²) in [5.74, 6) is 0.259. The predicted octanol–water partition coefficient (Wildman–Crippen LogP) is 3.91. The molecule has 0 unspecified atom stereocenters. The molecule has 134 valence electrons. The van der Waals surface area contributed by atoms with E-state index in [0.717, 1.165) is 5.56 Å². The second-order valence-electron chi connectivity index (χ2n) is 4.91. The monoisotopic (exact) mass is 353 g/mol. The molecule has 0 heterocycles. The minimum Gasteiger partial charge on any atom is -0.494 e. The van der Waals surface area contributed by atoms with E-state index in [1.807, 2.05) is 31.2 Å². The molecule has 0 saturated heterocycles. The number of para-hydroxylation sites is 3. The Labute approximate surface area is 143 Å². The summed E-state index contributed by atoms with van der Waals surface area (Å²) < 4.78 is 46.7. The van der Waals surface area contributed by atoms with Gasteiger partial charge in [0.1, 0.15) is 5.75 Å². The van der Waals surface area contributed by atoms with Crippen molar-refractivity contribution in [1.29, 1.82) is 0 Å². The molecule has 2 aromatic rings. The van der Waals surface area contributed by atoms with Crippen LogP contribution < -0.4 is 20.5 Å². The van der Waals surface area contributed by atoms with E-state index in [1.54, 1.807) is 6.07 Å². The van der Waals surface area contributed by atoms with Gasteiger partial charge in [-0.15, -0.1) is 13.2 Å². The Balaban J connectivity index is 2.10. The largest absolute Gasteiger partial charge is 0.573 e. The maximum atomic E-state index is 12.4. The Morgan fingerprint density at radius 1 is 1.08 bits per heavy atom. The number of nitrogens with zero attached hydrogens (tertiary/aromatic N) is 1. The lowest BCUT2D eigenvalue weighted by molar-refractivity contribution is -0.274. The fraction of sp³-hybridized carbons (Fsp3) is 0.235. The van der Waals surface area contributed by atoms with Crippen LogP contribution in [0.25, 0.3) is 0 Å². The van der Waals surface area contributed by atoms with Crippen molar-refractivity contribution in [2.45, 2.75) is 19.8 Å². The zero-order valence-corrected chi connectivity index (χ0v) is 13.5. The van der Waals surface area contributed by atoms with E-state index < -0.39 is 6.36 Å². The Morgan fingerprint density at radius 3 is 2.40 bits per heavy atom. The van der Waals surface area contributed by atoms with Gasteiger partial charge in [0.25, 0.3) is 0 Å². The zero-order valence-electron chi connectivity index (χ0n) is 13.5. The molecule has 2 rings (SSSR count). The van der Waals surface area contributed by atoms with Gasteiger partial charge >= 0.3 is 6.36 Å². The van der Waals surface area contributed by atoms with Gasteiger partial charge in [-0.05, 0) is 25.1 Å². The smallest absolute Gasteiger partial charge is 0.494 e. The highest BCUT2D eigenvalue weighted by Crippen LogP contribution is 2.29. The van der Waals surface area contributed by atoms with Crippen molar-refractivity contribution >= 4 is 11.6 Å². The molecular weight excluding hydrogens is 335 g/mol. The number of hydrogen-bond acceptors (Lipinski definition) is 3. The highest BCUT2D eigenvalue weighted by Gasteiger charge is 2.32. The molecule has 0 aliphatic heterocycles. The summed E-state index contributed by atoms with van der Waals surface area (Å²) in [4.78, 5) is 4.14. The van der Waals surface area contributed by atoms with Crippen molar-refractivity contribution in [3.8, 4) is 11.5 Å². The molecule has 5 nitrogen and oxygen atoms in total. The van der Waals surface area contributed by atoms with Crippen LogP contribution in [0.15, 0.2) is 53.5 Å². The average Bonchev–Trinajstić information content (AvgIpc) is 2.55. The Morgan fingerprint density at radius 2 is 1.72 bits per heavy atom. The first-order valence-corrected chi connectivity index (χ1v) is 7.51. The van der Waals surface area contributed by atoms with Gasteiger partial charge in [-0.25, -0.2) is 4.99 Å². The number of halogens is 3. The third-order valence-electron chi connectivity index (χ3n) is 3.07. The molecule has 0 bridgehead atoms. The van der Waals surface area contributed by atoms with Crippen LogP contribution in [-0.4, -0.2) is 18.9 Å². The highest BCUT2D eigenvalue weighted by molar-refractivity contribution is 5.93. The summed E-state index contributed by atoms with van der Waals surface area (Å²) in [6.45, 7) is 2.60. The van der Waals surface area contributed by atoms with Crippen LogP contribution in [0.2, 0.25) is 0 Å². The number of nitrogens with one attached hydrogen (secondary N) is 1. The van der Waals surface area contributed by atoms with Crippen LogP contribution in [0.3, 0.4) is 0 Å². The van der Waals surface area contributed by atoms with E-state index in [-0.39, 0.29) is 23.9 Å². The summed E-state index contributed by atoms with van der Waals surface area (Å²) in [7, 11) is 0. The van der Waals surface area contributed by atoms with Gasteiger partial charge in [0, 0.05) is 5.56 Å². The van der Waals surface area contributed by atoms with Crippen LogP contribution >= 0.6 is 0 Å². The fourth-order valence-corrected chi connectivity index (χ4v) is 2.06. The minimum absolute atomic E-state index is 0.0375. The van der Waals surface area contributed by atoms with Gasteiger partial charge in [-0.3, -0.25) is 0 Å². The Hall–Kier alpha value is -2.90. The molecule has 0 aliphatic rings. The summed E-state index contributed by atoms with van der Waals surface area (Å²) >= 11 is 0. The molecular formula is C17H18F3N3O2. The maximum Gasteiger partial charge on any atom is 0.573 e. The van der Waals surface area contributed by atoms with E-state index >= 15 is 0 Å². The van der Waals surface area contributed by atoms with E-state index in [9.17, 15) is 13.2 Å². The molecule has 0 radical (unpaired) electrons. The molecule has 0 aromatic heterocycles. The number of guanidine groups is 1. The topological polar surface area (TPSA) is 68.9 Å². The normalized spacial score (nSPS) is 11.9. The first-order valence-electron chi connectivity index (χ1n) is 7.51. The quantitative estimate of drug-likeness (QED) is 0.610. The number of anilines is 1. The van der Waals surface area contributed by atoms with Crippen molar-refractivity contribution < 1.29 is 22.6 Å². The summed E-state index contributed by atoms with van der Waals surface area (Å²) in [5.41, 5.74) is 6.65. The zero-order chi connectivity index (χ0) is 18.3. The van der Waals surface area contributed by atoms with Gasteiger partial charge in [0.15, 0.2) is 11.7 Å². The van der Waals surface area contributed by atoms with Crippen LogP contribution in [0.4, 0.5) is 18.9 Å². The van der Waals surface area contributed by atoms with E-state index in [1.165, 1.54) is 18.2 Å². The van der Waals surface area contributed by atoms with Gasteiger partial charge in [0.2, 0.25) is 0 Å². The molecule has 25 heavy (non-hydrogen) atoms. The third kappa shape index (κ3) is 5.91. The Bertz CT molecular complexity index is 733. The van der Waals surface area contributed by atoms with Gasteiger partial charge < -0.3 is 20.5 Å². The molecule has 0 saturated carbocycles. The molecule has 0 spiro atoms. The average molecular weight is 353 g/mol. The van der Waals surface area contributed by atoms with Crippen LogP contribution in [0.5, 0.6) is 11.5 Å². The predicted molar refractivity (Wildman–Crippen MR) is 89.7 cm³/mol. The lowest BCUT2D eigenvalue weighted by Crippen LogP contribution is -2.24. The number of aliphatic imine (C=N–C) groups is 1. The first-order chi connectivity index (χ1) is 11.9. The number of nitrogens with two attached hydrogens (primary N) is 1. The van der Waals surface area contributed by atoms with Crippen molar-refractivity contribution in [3.05, 3.63) is 54.1 Å². The fourth-order valence-electron chi connectivity index (χ4n) is 2.06. The first kappa shape index (κ1) is 18.4. The van der Waals surface area contributed by atoms with Gasteiger partial charge in [-0.2, -0.15) is 0 Å². The molecule has 8 heteroatoms. The van der Waals surface area contributed by atoms with Gasteiger partial charge in [0.05, 0.1) is 18.8 Å². The summed E-state index contributed by atoms with van der Waals surface area (Å²) in [6.07, 6.45) is -4.79. The Kier molecular flexibility index (Phi) is 6.10. The highest BCUT2D eigenvalue weighted by atomic mass is 19.4. The van der Waals surface area contributed by atoms with Crippen molar-refractivity contribution in [3.63, 3.8) is 0 Å². The number of rotatable bonds is 6. The number of ether oxygens (including phenoxy) is 2. The van der Waals surface area contributed by atoms with Crippen molar-refractivity contribution in [1.82, 2.24) is 0 Å². The molecule has 0 amide bonds. The number of benzene rings is 2. The molecule has 3 N–H and O–H groups in total. The van der Waals surface area contributed by atoms with Gasteiger partial charge in [-0.1, -0.05) is 30.3 Å². The standard InChI is InChI=1S/C17H18F3N3O2/c1-2-24-14-9-5-3-7-12(14)11-22-16(21)23-13-8-4-6-10-15(13)25-17(18,19)20/h3-10H,2,11H2,1H3,(H3,21,22,23). The second-order valence-corrected chi connectivity index (χ2v) is 4.91. The molecule has 0 fully saturated rings. The van der Waals surface area contributed by atoms with Crippen LogP contribution in [-0.2, 0) is 6.54 Å². The van der Waals surface area contributed by atoms with Crippen molar-refractivity contribution in [2.75, 3.05) is 11.9 Å². The third-order valence-corrected chi connectivity index (χ3v) is 3.07. The second kappa shape index (κ2) is 8.27. The van der Waals surface area contributed by atoms with Crippen LogP contribution in [0.1, 0.15) is 12.5 Å². The van der Waals surface area contributed by atoms with E-state index in [2.05, 4.69) is 15.0 Å². The summed E-state index contributed by atoms with van der Waals surface area (Å²) in [6, 6.07) is 12.9. The minimum atomic E-state index is -4.79. The van der Waals surface area contributed by atoms with E-state index in [4.69, 9.17) is 10.5 Å². The molecule has 0 aliphatic carbocycles. The maximum absolute atomic E-state index is 12.4. The lowest BCUT2D eigenvalue weighted by atomic mass is 10.2. The molecule has 0 atom stereocenters.